The maximum absolute atomic E-state index is 11.4. The quantitative estimate of drug-likeness (QED) is 0.122. The fourth-order valence-corrected chi connectivity index (χ4v) is 2.25. The predicted molar refractivity (Wildman–Crippen MR) is 123 cm³/mol. The molecular formula is C24H38O9. The molecule has 0 aliphatic heterocycles. The molecule has 0 N–H and O–H groups in total. The number of esters is 3. The molecule has 188 valence electrons. The molecule has 0 bridgehead atoms. The van der Waals surface area contributed by atoms with Crippen LogP contribution < -0.4 is 0 Å². The Kier molecular flexibility index (Phi) is 15.8. The van der Waals surface area contributed by atoms with Crippen molar-refractivity contribution >= 4 is 17.9 Å². The van der Waals surface area contributed by atoms with Crippen LogP contribution in [0.4, 0.5) is 0 Å². The topological polar surface area (TPSA) is 107 Å². The average Bonchev–Trinajstić information content (AvgIpc) is 2.76. The molecule has 9 nitrogen and oxygen atoms in total. The number of hydrogen-bond donors (Lipinski definition) is 0. The van der Waals surface area contributed by atoms with Crippen LogP contribution in [0, 0.1) is 5.41 Å². The van der Waals surface area contributed by atoms with Gasteiger partial charge in [0.05, 0.1) is 39.6 Å². The molecule has 0 amide bonds. The Morgan fingerprint density at radius 1 is 0.576 bits per heavy atom. The fraction of sp³-hybridized carbons (Fsp3) is 0.625. The van der Waals surface area contributed by atoms with E-state index in [2.05, 4.69) is 19.7 Å². The maximum atomic E-state index is 11.4. The van der Waals surface area contributed by atoms with E-state index < -0.39 is 23.3 Å². The summed E-state index contributed by atoms with van der Waals surface area (Å²) in [4.78, 5) is 34.3. The molecule has 0 aliphatic carbocycles. The summed E-state index contributed by atoms with van der Waals surface area (Å²) in [7, 11) is 0. The first-order valence-electron chi connectivity index (χ1n) is 10.8. The van der Waals surface area contributed by atoms with Crippen LogP contribution >= 0.6 is 0 Å². The smallest absolute Gasteiger partial charge is 0.333 e. The van der Waals surface area contributed by atoms with Gasteiger partial charge in [-0.3, -0.25) is 0 Å². The van der Waals surface area contributed by atoms with Gasteiger partial charge in [-0.25, -0.2) is 14.4 Å². The van der Waals surface area contributed by atoms with Gasteiger partial charge in [0.15, 0.2) is 0 Å². The van der Waals surface area contributed by atoms with Gasteiger partial charge in [-0.2, -0.15) is 0 Å². The van der Waals surface area contributed by atoms with E-state index in [-0.39, 0.29) is 59.5 Å². The van der Waals surface area contributed by atoms with Crippen LogP contribution in [0.15, 0.2) is 36.5 Å². The Labute approximate surface area is 196 Å². The first kappa shape index (κ1) is 30.5. The van der Waals surface area contributed by atoms with Crippen LogP contribution in [-0.2, 0) is 42.8 Å². The van der Waals surface area contributed by atoms with Gasteiger partial charge in [0.25, 0.3) is 0 Å². The van der Waals surface area contributed by atoms with Gasteiger partial charge in [0, 0.05) is 22.1 Å². The van der Waals surface area contributed by atoms with E-state index >= 15 is 0 Å². The second kappa shape index (κ2) is 17.0. The minimum atomic E-state index is -0.505. The normalized spacial score (nSPS) is 10.9. The molecule has 0 aromatic carbocycles. The van der Waals surface area contributed by atoms with Crippen LogP contribution in [0.2, 0.25) is 0 Å². The predicted octanol–water partition coefficient (Wildman–Crippen LogP) is 2.79. The zero-order valence-corrected chi connectivity index (χ0v) is 20.4. The summed E-state index contributed by atoms with van der Waals surface area (Å²) in [6.45, 7) is 19.0. The number of carbonyl (C=O) groups excluding carboxylic acids is 3. The number of rotatable bonds is 19. The minimum Gasteiger partial charge on any atom is -0.460 e. The second-order valence-corrected chi connectivity index (χ2v) is 7.76. The fourth-order valence-electron chi connectivity index (χ4n) is 2.25. The summed E-state index contributed by atoms with van der Waals surface area (Å²) in [6.07, 6.45) is 0.662. The second-order valence-electron chi connectivity index (χ2n) is 7.76. The lowest BCUT2D eigenvalue weighted by Crippen LogP contribution is -2.38. The highest BCUT2D eigenvalue weighted by Gasteiger charge is 2.30. The first-order chi connectivity index (χ1) is 15.5. The largest absolute Gasteiger partial charge is 0.460 e. The standard InChI is InChI=1S/C24H38O9/c1-8-24(15-28-9-12-31-21(25)18(2)3,16-29-10-13-32-22(26)19(4)5)17-30-11-14-33-23(27)20(6)7/h2,4,6,8-17H2,1,3,5,7H3. The van der Waals surface area contributed by atoms with Crippen molar-refractivity contribution in [1.29, 1.82) is 0 Å². The zero-order valence-electron chi connectivity index (χ0n) is 20.4. The van der Waals surface area contributed by atoms with E-state index in [9.17, 15) is 14.4 Å². The number of carbonyl (C=O) groups is 3. The third kappa shape index (κ3) is 14.3. The van der Waals surface area contributed by atoms with Gasteiger partial charge in [-0.1, -0.05) is 26.7 Å². The van der Waals surface area contributed by atoms with E-state index in [1.807, 2.05) is 6.92 Å². The lowest BCUT2D eigenvalue weighted by Gasteiger charge is -2.32. The molecule has 0 aromatic heterocycles. The lowest BCUT2D eigenvalue weighted by molar-refractivity contribution is -0.143. The van der Waals surface area contributed by atoms with E-state index in [1.54, 1.807) is 20.8 Å². The summed E-state index contributed by atoms with van der Waals surface area (Å²) in [6, 6.07) is 0. The summed E-state index contributed by atoms with van der Waals surface area (Å²) in [5.41, 5.74) is 0.452. The molecule has 0 saturated heterocycles. The third-order valence-electron chi connectivity index (χ3n) is 4.40. The zero-order chi connectivity index (χ0) is 25.3. The maximum Gasteiger partial charge on any atom is 0.333 e. The van der Waals surface area contributed by atoms with Crippen LogP contribution in [-0.4, -0.2) is 77.4 Å². The highest BCUT2D eigenvalue weighted by atomic mass is 16.6. The van der Waals surface area contributed by atoms with Crippen molar-refractivity contribution in [2.75, 3.05) is 59.5 Å². The summed E-state index contributed by atoms with van der Waals surface area (Å²) in [5.74, 6) is -1.41. The van der Waals surface area contributed by atoms with Crippen LogP contribution in [0.3, 0.4) is 0 Å². The molecule has 0 radical (unpaired) electrons. The van der Waals surface area contributed by atoms with Gasteiger partial charge in [-0.15, -0.1) is 0 Å². The number of ether oxygens (including phenoxy) is 6. The van der Waals surface area contributed by atoms with Crippen molar-refractivity contribution in [3.63, 3.8) is 0 Å². The summed E-state index contributed by atoms with van der Waals surface area (Å²) >= 11 is 0. The first-order valence-corrected chi connectivity index (χ1v) is 10.8. The lowest BCUT2D eigenvalue weighted by atomic mass is 9.88. The van der Waals surface area contributed by atoms with Crippen molar-refractivity contribution in [1.82, 2.24) is 0 Å². The molecule has 0 aromatic rings. The van der Waals surface area contributed by atoms with Crippen LogP contribution in [0.5, 0.6) is 0 Å². The average molecular weight is 471 g/mol. The summed E-state index contributed by atoms with van der Waals surface area (Å²) in [5, 5.41) is 0. The SMILES string of the molecule is C=C(C)C(=O)OCCOCC(CC)(COCCOC(=O)C(=C)C)COCCOC(=O)C(=C)C. The molecule has 33 heavy (non-hydrogen) atoms. The van der Waals surface area contributed by atoms with Crippen LogP contribution in [0.25, 0.3) is 0 Å². The molecular weight excluding hydrogens is 432 g/mol. The van der Waals surface area contributed by atoms with Gasteiger partial charge >= 0.3 is 17.9 Å². The van der Waals surface area contributed by atoms with Gasteiger partial charge < -0.3 is 28.4 Å². The van der Waals surface area contributed by atoms with Crippen LogP contribution in [0.1, 0.15) is 34.1 Å². The Bertz CT molecular complexity index is 593. The van der Waals surface area contributed by atoms with Gasteiger partial charge in [0.1, 0.15) is 19.8 Å². The highest BCUT2D eigenvalue weighted by molar-refractivity contribution is 5.87. The summed E-state index contributed by atoms with van der Waals surface area (Å²) < 4.78 is 32.2. The van der Waals surface area contributed by atoms with E-state index in [1.165, 1.54) is 0 Å². The Hall–Kier alpha value is -2.49. The Balaban J connectivity index is 4.64. The highest BCUT2D eigenvalue weighted by Crippen LogP contribution is 2.24. The molecule has 0 unspecified atom stereocenters. The molecule has 0 atom stereocenters. The molecule has 0 rings (SSSR count). The van der Waals surface area contributed by atoms with Crippen molar-refractivity contribution in [3.05, 3.63) is 36.5 Å². The Morgan fingerprint density at radius 3 is 1.06 bits per heavy atom. The van der Waals surface area contributed by atoms with Gasteiger partial charge in [0.2, 0.25) is 0 Å². The molecule has 0 saturated carbocycles. The van der Waals surface area contributed by atoms with E-state index in [0.29, 0.717) is 23.1 Å². The van der Waals surface area contributed by atoms with Crippen molar-refractivity contribution < 1.29 is 42.8 Å². The van der Waals surface area contributed by atoms with E-state index in [0.717, 1.165) is 0 Å². The monoisotopic (exact) mass is 470 g/mol. The molecule has 0 heterocycles. The minimum absolute atomic E-state index is 0.0981. The van der Waals surface area contributed by atoms with Crippen molar-refractivity contribution in [3.8, 4) is 0 Å². The molecule has 0 fully saturated rings. The van der Waals surface area contributed by atoms with Crippen molar-refractivity contribution in [2.45, 2.75) is 34.1 Å². The third-order valence-corrected chi connectivity index (χ3v) is 4.40. The molecule has 0 aliphatic rings. The van der Waals surface area contributed by atoms with Crippen molar-refractivity contribution in [2.24, 2.45) is 5.41 Å². The Morgan fingerprint density at radius 2 is 0.848 bits per heavy atom. The molecule has 0 spiro atoms. The number of hydrogen-bond acceptors (Lipinski definition) is 9. The van der Waals surface area contributed by atoms with E-state index in [4.69, 9.17) is 28.4 Å². The molecule has 9 heteroatoms. The van der Waals surface area contributed by atoms with Gasteiger partial charge in [-0.05, 0) is 27.2 Å².